The van der Waals surface area contributed by atoms with Gasteiger partial charge >= 0.3 is 0 Å². The molecule has 0 unspecified atom stereocenters. The van der Waals surface area contributed by atoms with E-state index in [0.29, 0.717) is 12.3 Å². The van der Waals surface area contributed by atoms with E-state index < -0.39 is 28.5 Å². The summed E-state index contributed by atoms with van der Waals surface area (Å²) in [4.78, 5) is 28.4. The topological polar surface area (TPSA) is 96.0 Å². The Balaban J connectivity index is 2.06. The maximum atomic E-state index is 14.0. The van der Waals surface area contributed by atoms with Crippen LogP contribution < -0.4 is 14.4 Å². The number of anilines is 1. The minimum Gasteiger partial charge on any atom is -0.495 e. The van der Waals surface area contributed by atoms with Crippen LogP contribution in [0.5, 0.6) is 5.75 Å². The van der Waals surface area contributed by atoms with E-state index in [-0.39, 0.29) is 23.0 Å². The third kappa shape index (κ3) is 7.38. The van der Waals surface area contributed by atoms with Crippen molar-refractivity contribution in [2.75, 3.05) is 24.5 Å². The number of hydrogen-bond donors (Lipinski definition) is 1. The minimum absolute atomic E-state index is 0.0470. The molecule has 3 aromatic carbocycles. The Morgan fingerprint density at radius 1 is 0.949 bits per heavy atom. The summed E-state index contributed by atoms with van der Waals surface area (Å²) in [5, 5.41) is 2.84. The summed E-state index contributed by atoms with van der Waals surface area (Å²) in [6, 6.07) is 19.9. The molecule has 3 rings (SSSR count). The Morgan fingerprint density at radius 2 is 1.64 bits per heavy atom. The third-order valence-corrected chi connectivity index (χ3v) is 8.17. The number of benzene rings is 3. The van der Waals surface area contributed by atoms with Crippen LogP contribution in [-0.2, 0) is 26.2 Å². The van der Waals surface area contributed by atoms with Gasteiger partial charge in [-0.05, 0) is 57.0 Å². The van der Waals surface area contributed by atoms with Crippen molar-refractivity contribution in [2.24, 2.45) is 0 Å². The number of carbonyl (C=O) groups excluding carboxylic acids is 2. The fraction of sp³-hybridized carbons (Fsp3) is 0.333. The highest BCUT2D eigenvalue weighted by Gasteiger charge is 2.33. The molecular formula is C30H37N3O5S. The minimum atomic E-state index is -4.17. The van der Waals surface area contributed by atoms with E-state index in [4.69, 9.17) is 4.74 Å². The summed E-state index contributed by atoms with van der Waals surface area (Å²) in [5.41, 5.74) is 2.99. The monoisotopic (exact) mass is 551 g/mol. The predicted octanol–water partition coefficient (Wildman–Crippen LogP) is 4.45. The number of carbonyl (C=O) groups is 2. The molecule has 3 aromatic rings. The number of para-hydroxylation sites is 2. The molecule has 2 amide bonds. The van der Waals surface area contributed by atoms with Crippen molar-refractivity contribution in [1.82, 2.24) is 10.2 Å². The molecule has 0 aliphatic carbocycles. The number of rotatable bonds is 12. The summed E-state index contributed by atoms with van der Waals surface area (Å²) in [7, 11) is -2.72. The SMILES string of the molecule is CCCNC(=O)[C@@H](C)N(Cc1cccc(C)c1)C(=O)CN(c1ccccc1OC)S(=O)(=O)c1ccc(C)cc1. The molecule has 0 saturated carbocycles. The first-order valence-electron chi connectivity index (χ1n) is 12.9. The number of sulfonamides is 1. The molecule has 0 spiro atoms. The number of ether oxygens (including phenoxy) is 1. The molecule has 0 aliphatic heterocycles. The lowest BCUT2D eigenvalue weighted by Crippen LogP contribution is -2.51. The Kier molecular flexibility index (Phi) is 10.1. The van der Waals surface area contributed by atoms with Crippen LogP contribution in [0.15, 0.2) is 77.7 Å². The molecule has 0 aromatic heterocycles. The molecule has 0 aliphatic rings. The van der Waals surface area contributed by atoms with E-state index in [9.17, 15) is 18.0 Å². The molecule has 0 fully saturated rings. The van der Waals surface area contributed by atoms with E-state index in [2.05, 4.69) is 5.32 Å². The van der Waals surface area contributed by atoms with Gasteiger partial charge in [0.05, 0.1) is 17.7 Å². The second-order valence-electron chi connectivity index (χ2n) is 9.47. The summed E-state index contributed by atoms with van der Waals surface area (Å²) in [6.45, 7) is 7.52. The molecule has 0 heterocycles. The number of nitrogens with one attached hydrogen (secondary N) is 1. The van der Waals surface area contributed by atoms with E-state index in [0.717, 1.165) is 27.4 Å². The molecule has 0 saturated heterocycles. The molecule has 9 heteroatoms. The standard InChI is InChI=1S/C30H37N3O5S/c1-6-18-31-30(35)24(4)32(20-25-11-9-10-23(3)19-25)29(34)21-33(27-12-7-8-13-28(27)38-5)39(36,37)26-16-14-22(2)15-17-26/h7-17,19,24H,6,18,20-21H2,1-5H3,(H,31,35)/t24-/m1/s1. The van der Waals surface area contributed by atoms with Gasteiger partial charge in [0, 0.05) is 13.1 Å². The Morgan fingerprint density at radius 3 is 2.28 bits per heavy atom. The number of nitrogens with zero attached hydrogens (tertiary/aromatic N) is 2. The van der Waals surface area contributed by atoms with Gasteiger partial charge in [0.15, 0.2) is 0 Å². The normalized spacial score (nSPS) is 11.9. The molecule has 208 valence electrons. The van der Waals surface area contributed by atoms with Crippen LogP contribution in [0.1, 0.15) is 37.0 Å². The second kappa shape index (κ2) is 13.3. The molecule has 1 atom stereocenters. The Bertz CT molecular complexity index is 1390. The lowest BCUT2D eigenvalue weighted by atomic mass is 10.1. The van der Waals surface area contributed by atoms with Gasteiger partial charge in [-0.2, -0.15) is 0 Å². The molecule has 0 bridgehead atoms. The first-order valence-corrected chi connectivity index (χ1v) is 14.4. The lowest BCUT2D eigenvalue weighted by Gasteiger charge is -2.32. The quantitative estimate of drug-likeness (QED) is 0.359. The summed E-state index contributed by atoms with van der Waals surface area (Å²) >= 11 is 0. The molecule has 0 radical (unpaired) electrons. The zero-order valence-corrected chi connectivity index (χ0v) is 24.0. The van der Waals surface area contributed by atoms with Crippen LogP contribution >= 0.6 is 0 Å². The van der Waals surface area contributed by atoms with Gasteiger partial charge in [0.25, 0.3) is 10.0 Å². The van der Waals surface area contributed by atoms with Gasteiger partial charge < -0.3 is 15.0 Å². The highest BCUT2D eigenvalue weighted by molar-refractivity contribution is 7.92. The number of aryl methyl sites for hydroxylation is 2. The molecule has 1 N–H and O–H groups in total. The third-order valence-electron chi connectivity index (χ3n) is 6.39. The van der Waals surface area contributed by atoms with Crippen molar-refractivity contribution >= 4 is 27.5 Å². The number of methoxy groups -OCH3 is 1. The van der Waals surface area contributed by atoms with E-state index in [1.807, 2.05) is 45.0 Å². The first kappa shape index (κ1) is 29.7. The zero-order valence-electron chi connectivity index (χ0n) is 23.2. The second-order valence-corrected chi connectivity index (χ2v) is 11.3. The van der Waals surface area contributed by atoms with Crippen molar-refractivity contribution in [3.05, 3.63) is 89.5 Å². The van der Waals surface area contributed by atoms with Gasteiger partial charge in [-0.25, -0.2) is 8.42 Å². The summed E-state index contributed by atoms with van der Waals surface area (Å²) in [6.07, 6.45) is 0.751. The predicted molar refractivity (Wildman–Crippen MR) is 153 cm³/mol. The number of amides is 2. The molecule has 39 heavy (non-hydrogen) atoms. The van der Waals surface area contributed by atoms with Crippen LogP contribution in [0.3, 0.4) is 0 Å². The van der Waals surface area contributed by atoms with Crippen molar-refractivity contribution < 1.29 is 22.7 Å². The van der Waals surface area contributed by atoms with Crippen LogP contribution in [-0.4, -0.2) is 51.4 Å². The zero-order chi connectivity index (χ0) is 28.6. The number of hydrogen-bond acceptors (Lipinski definition) is 5. The van der Waals surface area contributed by atoms with Crippen molar-refractivity contribution in [3.8, 4) is 5.75 Å². The average Bonchev–Trinajstić information content (AvgIpc) is 2.93. The van der Waals surface area contributed by atoms with Gasteiger partial charge in [-0.3, -0.25) is 13.9 Å². The summed E-state index contributed by atoms with van der Waals surface area (Å²) in [5.74, 6) is -0.514. The fourth-order valence-corrected chi connectivity index (χ4v) is 5.60. The van der Waals surface area contributed by atoms with Crippen LogP contribution in [0.2, 0.25) is 0 Å². The van der Waals surface area contributed by atoms with E-state index in [1.54, 1.807) is 43.3 Å². The highest BCUT2D eigenvalue weighted by Crippen LogP contribution is 2.32. The van der Waals surface area contributed by atoms with Crippen LogP contribution in [0, 0.1) is 13.8 Å². The van der Waals surface area contributed by atoms with E-state index >= 15 is 0 Å². The first-order chi connectivity index (χ1) is 18.6. The van der Waals surface area contributed by atoms with Gasteiger partial charge in [0.2, 0.25) is 11.8 Å². The fourth-order valence-electron chi connectivity index (χ4n) is 4.17. The van der Waals surface area contributed by atoms with Crippen molar-refractivity contribution in [2.45, 2.75) is 51.6 Å². The summed E-state index contributed by atoms with van der Waals surface area (Å²) < 4.78 is 34.4. The van der Waals surface area contributed by atoms with Crippen LogP contribution in [0.25, 0.3) is 0 Å². The maximum Gasteiger partial charge on any atom is 0.264 e. The van der Waals surface area contributed by atoms with Gasteiger partial charge in [-0.15, -0.1) is 0 Å². The van der Waals surface area contributed by atoms with Gasteiger partial charge in [0.1, 0.15) is 18.3 Å². The maximum absolute atomic E-state index is 14.0. The Labute approximate surface area is 231 Å². The average molecular weight is 552 g/mol. The Hall–Kier alpha value is -3.85. The largest absolute Gasteiger partial charge is 0.495 e. The van der Waals surface area contributed by atoms with E-state index in [1.165, 1.54) is 24.1 Å². The van der Waals surface area contributed by atoms with Crippen molar-refractivity contribution in [1.29, 1.82) is 0 Å². The molecule has 8 nitrogen and oxygen atoms in total. The van der Waals surface area contributed by atoms with Gasteiger partial charge in [-0.1, -0.05) is 66.6 Å². The smallest absolute Gasteiger partial charge is 0.264 e. The highest BCUT2D eigenvalue weighted by atomic mass is 32.2. The lowest BCUT2D eigenvalue weighted by molar-refractivity contribution is -0.139. The van der Waals surface area contributed by atoms with Crippen LogP contribution in [0.4, 0.5) is 5.69 Å². The molecular weight excluding hydrogens is 514 g/mol. The van der Waals surface area contributed by atoms with Crippen molar-refractivity contribution in [3.63, 3.8) is 0 Å².